The fourth-order valence-corrected chi connectivity index (χ4v) is 4.74. The predicted molar refractivity (Wildman–Crippen MR) is 138 cm³/mol. The van der Waals surface area contributed by atoms with Gasteiger partial charge in [-0.05, 0) is 35.6 Å². The number of nitrogens with one attached hydrogen (secondary N) is 1. The first-order valence-corrected chi connectivity index (χ1v) is 13.4. The Morgan fingerprint density at radius 2 is 1.89 bits per heavy atom. The van der Waals surface area contributed by atoms with Crippen molar-refractivity contribution in [3.8, 4) is 0 Å². The zero-order chi connectivity index (χ0) is 25.9. The van der Waals surface area contributed by atoms with Crippen LogP contribution in [0.15, 0.2) is 54.6 Å². The molecule has 4 N–H and O–H groups in total. The van der Waals surface area contributed by atoms with Crippen molar-refractivity contribution in [1.82, 2.24) is 10.2 Å². The smallest absolute Gasteiger partial charge is 0.444 e. The lowest BCUT2D eigenvalue weighted by Gasteiger charge is -2.31. The molecule has 0 aliphatic carbocycles. The highest BCUT2D eigenvalue weighted by Crippen LogP contribution is 2.24. The summed E-state index contributed by atoms with van der Waals surface area (Å²) in [5.41, 5.74) is 8.54. The molecule has 1 aliphatic rings. The van der Waals surface area contributed by atoms with E-state index in [0.717, 1.165) is 17.7 Å². The van der Waals surface area contributed by atoms with Crippen molar-refractivity contribution in [2.24, 2.45) is 5.92 Å². The Hall–Kier alpha value is -2.55. The van der Waals surface area contributed by atoms with E-state index in [0.29, 0.717) is 50.8 Å². The predicted octanol–water partition coefficient (Wildman–Crippen LogP) is 3.89. The molecule has 4 atom stereocenters. The number of hydrogen-bond acceptors (Lipinski definition) is 7. The number of anilines is 1. The van der Waals surface area contributed by atoms with E-state index in [9.17, 15) is 14.3 Å². The number of rotatable bonds is 13. The first-order chi connectivity index (χ1) is 17.3. The van der Waals surface area contributed by atoms with Gasteiger partial charge in [-0.15, -0.1) is 9.42 Å². The van der Waals surface area contributed by atoms with Gasteiger partial charge in [0.05, 0.1) is 19.3 Å². The van der Waals surface area contributed by atoms with Crippen molar-refractivity contribution in [2.45, 2.75) is 51.5 Å². The van der Waals surface area contributed by atoms with Crippen LogP contribution in [0.25, 0.3) is 0 Å². The van der Waals surface area contributed by atoms with Gasteiger partial charge in [0.15, 0.2) is 0 Å². The van der Waals surface area contributed by atoms with Gasteiger partial charge in [-0.25, -0.2) is 4.79 Å². The molecule has 0 radical (unpaired) electrons. The van der Waals surface area contributed by atoms with E-state index in [4.69, 9.17) is 19.7 Å². The summed E-state index contributed by atoms with van der Waals surface area (Å²) in [7, 11) is -2.90. The summed E-state index contributed by atoms with van der Waals surface area (Å²) in [6.07, 6.45) is -0.620. The number of carbonyl (C=O) groups excluding carboxylic acids is 1. The second kappa shape index (κ2) is 14.3. The van der Waals surface area contributed by atoms with Crippen molar-refractivity contribution in [3.63, 3.8) is 0 Å². The van der Waals surface area contributed by atoms with Gasteiger partial charge in [-0.3, -0.25) is 4.90 Å². The van der Waals surface area contributed by atoms with E-state index in [2.05, 4.69) is 24.1 Å². The van der Waals surface area contributed by atoms with Crippen LogP contribution >= 0.6 is 8.25 Å². The van der Waals surface area contributed by atoms with Crippen molar-refractivity contribution < 1.29 is 28.3 Å². The van der Waals surface area contributed by atoms with Crippen LogP contribution in [0.1, 0.15) is 31.4 Å². The van der Waals surface area contributed by atoms with Crippen molar-refractivity contribution in [1.29, 1.82) is 0 Å². The molecule has 3 rings (SSSR count). The summed E-state index contributed by atoms with van der Waals surface area (Å²) < 4.78 is 28.2. The molecule has 1 heterocycles. The third-order valence-corrected chi connectivity index (χ3v) is 6.34. The van der Waals surface area contributed by atoms with E-state index >= 15 is 0 Å². The van der Waals surface area contributed by atoms with Gasteiger partial charge in [0.2, 0.25) is 0 Å². The van der Waals surface area contributed by atoms with Crippen LogP contribution in [0.4, 0.5) is 10.5 Å². The Bertz CT molecular complexity index is 954. The van der Waals surface area contributed by atoms with Crippen molar-refractivity contribution in [3.05, 3.63) is 65.7 Å². The van der Waals surface area contributed by atoms with E-state index in [1.165, 1.54) is 0 Å². The number of nitrogen functional groups attached to an aromatic ring is 1. The summed E-state index contributed by atoms with van der Waals surface area (Å²) in [5.74, 6) is 0.343. The number of ether oxygens (including phenoxy) is 2. The number of alkyl carbamates (subject to hydrolysis) is 1. The topological polar surface area (TPSA) is 123 Å². The first-order valence-electron chi connectivity index (χ1n) is 12.3. The lowest BCUT2D eigenvalue weighted by Crippen LogP contribution is -2.51. The Morgan fingerprint density at radius 3 is 2.50 bits per heavy atom. The number of nitrogens with zero attached hydrogens (tertiary/aromatic N) is 1. The van der Waals surface area contributed by atoms with Gasteiger partial charge < -0.3 is 20.5 Å². The third kappa shape index (κ3) is 9.84. The van der Waals surface area contributed by atoms with Gasteiger partial charge in [0.1, 0.15) is 12.2 Å². The Morgan fingerprint density at radius 1 is 1.17 bits per heavy atom. The summed E-state index contributed by atoms with van der Waals surface area (Å²) >= 11 is 0. The van der Waals surface area contributed by atoms with Gasteiger partial charge in [0, 0.05) is 36.3 Å². The average Bonchev–Trinajstić information content (AvgIpc) is 3.32. The maximum absolute atomic E-state index is 12.8. The first kappa shape index (κ1) is 28.0. The zero-order valence-electron chi connectivity index (χ0n) is 20.9. The molecule has 1 saturated heterocycles. The molecule has 1 fully saturated rings. The minimum atomic E-state index is -2.90. The van der Waals surface area contributed by atoms with Gasteiger partial charge in [-0.2, -0.15) is 0 Å². The van der Waals surface area contributed by atoms with Gasteiger partial charge in [0.25, 0.3) is 0 Å². The second-order valence-corrected chi connectivity index (χ2v) is 10.2. The standard InChI is InChI=1S/C26H36N3O6P/c1-19(2)15-29(16-21-8-10-22(27)11-9-21)17-25(35-36(31)32)24(14-20-6-4-3-5-7-20)28-26(30)34-23-12-13-33-18-23/h3-11,19,23-25H,12-18,27H2,1-2H3,(H-,28,30,31,32)/p+1/t23-,24-,25+/m0/s1. The quantitative estimate of drug-likeness (QED) is 0.270. The maximum atomic E-state index is 12.8. The monoisotopic (exact) mass is 518 g/mol. The summed E-state index contributed by atoms with van der Waals surface area (Å²) in [6.45, 7) is 6.80. The van der Waals surface area contributed by atoms with E-state index in [-0.39, 0.29) is 6.10 Å². The lowest BCUT2D eigenvalue weighted by molar-refractivity contribution is 0.0610. The van der Waals surface area contributed by atoms with Crippen LogP contribution in [0, 0.1) is 5.92 Å². The highest BCUT2D eigenvalue weighted by atomic mass is 31.1. The van der Waals surface area contributed by atoms with Crippen molar-refractivity contribution in [2.75, 3.05) is 32.0 Å². The molecule has 0 aromatic heterocycles. The Balaban J connectivity index is 1.81. The van der Waals surface area contributed by atoms with Crippen LogP contribution < -0.4 is 11.1 Å². The molecule has 1 aliphatic heterocycles. The number of amides is 1. The van der Waals surface area contributed by atoms with E-state index in [1.807, 2.05) is 54.6 Å². The molecule has 0 saturated carbocycles. The minimum absolute atomic E-state index is 0.306. The number of nitrogens with two attached hydrogens (primary N) is 1. The summed E-state index contributed by atoms with van der Waals surface area (Å²) in [5, 5.41) is 2.90. The highest BCUT2D eigenvalue weighted by Gasteiger charge is 2.35. The Labute approximate surface area is 213 Å². The minimum Gasteiger partial charge on any atom is -0.444 e. The molecule has 0 spiro atoms. The fraction of sp³-hybridized carbons (Fsp3) is 0.500. The number of benzene rings is 2. The molecular formula is C26H37N3O6P+. The zero-order valence-corrected chi connectivity index (χ0v) is 21.8. The number of carbonyl (C=O) groups is 1. The molecular weight excluding hydrogens is 481 g/mol. The molecule has 9 nitrogen and oxygen atoms in total. The van der Waals surface area contributed by atoms with Crippen LogP contribution in [-0.4, -0.2) is 60.4 Å². The molecule has 0 bridgehead atoms. The lowest BCUT2D eigenvalue weighted by atomic mass is 10.0. The van der Waals surface area contributed by atoms with Gasteiger partial charge >= 0.3 is 14.3 Å². The fourth-order valence-electron chi connectivity index (χ4n) is 4.29. The average molecular weight is 519 g/mol. The van der Waals surface area contributed by atoms with E-state index < -0.39 is 26.5 Å². The molecule has 36 heavy (non-hydrogen) atoms. The number of hydrogen-bond donors (Lipinski definition) is 3. The maximum Gasteiger partial charge on any atom is 0.695 e. The highest BCUT2D eigenvalue weighted by molar-refractivity contribution is 7.32. The van der Waals surface area contributed by atoms with Crippen LogP contribution in [0.2, 0.25) is 0 Å². The third-order valence-electron chi connectivity index (χ3n) is 5.89. The van der Waals surface area contributed by atoms with Gasteiger partial charge in [-0.1, -0.05) is 56.3 Å². The second-order valence-electron chi connectivity index (χ2n) is 9.54. The van der Waals surface area contributed by atoms with E-state index in [1.54, 1.807) is 0 Å². The van der Waals surface area contributed by atoms with Crippen LogP contribution in [0.3, 0.4) is 0 Å². The molecule has 10 heteroatoms. The molecule has 2 aromatic carbocycles. The van der Waals surface area contributed by atoms with Crippen LogP contribution in [0.5, 0.6) is 0 Å². The summed E-state index contributed by atoms with van der Waals surface area (Å²) in [4.78, 5) is 24.6. The largest absolute Gasteiger partial charge is 0.695 e. The molecule has 1 amide bonds. The SMILES string of the molecule is CC(C)CN(Cc1ccc(N)cc1)C[C@@H](O[P+](=O)O)[C@H](Cc1ccccc1)NC(=O)O[C@H]1CCOC1. The molecule has 196 valence electrons. The normalized spacial score (nSPS) is 17.7. The molecule has 1 unspecified atom stereocenters. The van der Waals surface area contributed by atoms with Crippen LogP contribution in [-0.2, 0) is 31.5 Å². The van der Waals surface area contributed by atoms with Crippen molar-refractivity contribution >= 4 is 20.0 Å². The Kier molecular flexibility index (Phi) is 11.1. The molecule has 2 aromatic rings. The summed E-state index contributed by atoms with van der Waals surface area (Å²) in [6, 6.07) is 16.7.